The van der Waals surface area contributed by atoms with E-state index in [0.717, 1.165) is 10.9 Å². The smallest absolute Gasteiger partial charge is 0.355 e. The Hall–Kier alpha value is -1.81. The fraction of sp³-hybridized carbons (Fsp3) is 0.500. The number of hydrogen-bond donors (Lipinski definition) is 2. The number of H-pyrrole nitrogens is 1. The molecule has 0 saturated carbocycles. The summed E-state index contributed by atoms with van der Waals surface area (Å²) in [6, 6.07) is 9.57. The van der Waals surface area contributed by atoms with Gasteiger partial charge < -0.3 is 15.0 Å². The number of piperidine rings is 1. The van der Waals surface area contributed by atoms with E-state index in [2.05, 4.69) is 10.3 Å². The second-order valence-corrected chi connectivity index (χ2v) is 6.58. The maximum absolute atomic E-state index is 11.8. The average Bonchev–Trinajstić information content (AvgIpc) is 2.92. The molecule has 0 unspecified atom stereocenters. The standard InChI is InChI=1S/C13H15NO2.C5H11N/c1-13(2,3)16-12(15)11-8-9-6-4-5-7-10(9)14-11;1-2-4-6-5-3-1/h4-8,14H,1-3H3;6H,1-5H2. The van der Waals surface area contributed by atoms with Crippen LogP contribution in [0.4, 0.5) is 0 Å². The quantitative estimate of drug-likeness (QED) is 0.786. The maximum Gasteiger partial charge on any atom is 0.355 e. The molecule has 2 aromatic rings. The summed E-state index contributed by atoms with van der Waals surface area (Å²) >= 11 is 0. The summed E-state index contributed by atoms with van der Waals surface area (Å²) in [4.78, 5) is 14.8. The Morgan fingerprint density at radius 3 is 2.27 bits per heavy atom. The van der Waals surface area contributed by atoms with Crippen LogP contribution in [0.15, 0.2) is 30.3 Å². The first-order chi connectivity index (χ1) is 10.5. The monoisotopic (exact) mass is 302 g/mol. The highest BCUT2D eigenvalue weighted by atomic mass is 16.6. The maximum atomic E-state index is 11.8. The van der Waals surface area contributed by atoms with E-state index in [1.54, 1.807) is 0 Å². The molecular weight excluding hydrogens is 276 g/mol. The van der Waals surface area contributed by atoms with E-state index >= 15 is 0 Å². The third kappa shape index (κ3) is 5.19. The molecule has 0 atom stereocenters. The number of ether oxygens (including phenoxy) is 1. The van der Waals surface area contributed by atoms with E-state index < -0.39 is 5.60 Å². The number of benzene rings is 1. The Morgan fingerprint density at radius 2 is 1.77 bits per heavy atom. The summed E-state index contributed by atoms with van der Waals surface area (Å²) in [6.07, 6.45) is 4.22. The van der Waals surface area contributed by atoms with Crippen LogP contribution in [0, 0.1) is 0 Å². The molecule has 0 spiro atoms. The van der Waals surface area contributed by atoms with Crippen LogP contribution in [0.3, 0.4) is 0 Å². The molecule has 0 bridgehead atoms. The number of fused-ring (bicyclic) bond motifs is 1. The van der Waals surface area contributed by atoms with Crippen molar-refractivity contribution in [2.75, 3.05) is 13.1 Å². The van der Waals surface area contributed by atoms with Gasteiger partial charge in [0.1, 0.15) is 11.3 Å². The number of carbonyl (C=O) groups is 1. The lowest BCUT2D eigenvalue weighted by molar-refractivity contribution is 0.00639. The summed E-state index contributed by atoms with van der Waals surface area (Å²) in [5.41, 5.74) is 0.980. The number of hydrogen-bond acceptors (Lipinski definition) is 3. The molecule has 4 nitrogen and oxygen atoms in total. The second-order valence-electron chi connectivity index (χ2n) is 6.58. The zero-order valence-corrected chi connectivity index (χ0v) is 13.7. The summed E-state index contributed by atoms with van der Waals surface area (Å²) in [5, 5.41) is 4.30. The van der Waals surface area contributed by atoms with Gasteiger partial charge in [-0.15, -0.1) is 0 Å². The summed E-state index contributed by atoms with van der Waals surface area (Å²) in [5.74, 6) is -0.316. The lowest BCUT2D eigenvalue weighted by Gasteiger charge is -2.18. The number of para-hydroxylation sites is 1. The van der Waals surface area contributed by atoms with Crippen LogP contribution >= 0.6 is 0 Å². The fourth-order valence-electron chi connectivity index (χ4n) is 2.32. The van der Waals surface area contributed by atoms with E-state index in [9.17, 15) is 4.79 Å². The number of carbonyl (C=O) groups excluding carboxylic acids is 1. The lowest BCUT2D eigenvalue weighted by atomic mass is 10.2. The number of aromatic nitrogens is 1. The number of aromatic amines is 1. The van der Waals surface area contributed by atoms with Crippen LogP contribution in [-0.2, 0) is 4.74 Å². The zero-order valence-electron chi connectivity index (χ0n) is 13.7. The van der Waals surface area contributed by atoms with Crippen LogP contribution < -0.4 is 5.32 Å². The van der Waals surface area contributed by atoms with E-state index in [0.29, 0.717) is 5.69 Å². The van der Waals surface area contributed by atoms with Crippen LogP contribution in [0.2, 0.25) is 0 Å². The minimum absolute atomic E-state index is 0.316. The molecule has 0 radical (unpaired) electrons. The normalized spacial score (nSPS) is 15.0. The fourth-order valence-corrected chi connectivity index (χ4v) is 2.32. The van der Waals surface area contributed by atoms with Gasteiger partial charge in [0.05, 0.1) is 0 Å². The molecule has 1 saturated heterocycles. The molecule has 1 fully saturated rings. The third-order valence-electron chi connectivity index (χ3n) is 3.36. The Kier molecular flexibility index (Phi) is 5.61. The van der Waals surface area contributed by atoms with Gasteiger partial charge >= 0.3 is 5.97 Å². The van der Waals surface area contributed by atoms with Crippen molar-refractivity contribution in [2.24, 2.45) is 0 Å². The first-order valence-corrected chi connectivity index (χ1v) is 7.97. The van der Waals surface area contributed by atoms with Crippen molar-refractivity contribution < 1.29 is 9.53 Å². The third-order valence-corrected chi connectivity index (χ3v) is 3.36. The minimum Gasteiger partial charge on any atom is -0.455 e. The molecule has 1 aromatic carbocycles. The van der Waals surface area contributed by atoms with Crippen molar-refractivity contribution in [3.63, 3.8) is 0 Å². The molecule has 4 heteroatoms. The van der Waals surface area contributed by atoms with Gasteiger partial charge in [0, 0.05) is 10.9 Å². The Labute approximate surface area is 132 Å². The number of nitrogens with one attached hydrogen (secondary N) is 2. The van der Waals surface area contributed by atoms with E-state index in [1.807, 2.05) is 51.1 Å². The van der Waals surface area contributed by atoms with Crippen LogP contribution in [-0.4, -0.2) is 29.6 Å². The Morgan fingerprint density at radius 1 is 1.09 bits per heavy atom. The molecule has 1 aliphatic heterocycles. The lowest BCUT2D eigenvalue weighted by Crippen LogP contribution is -2.24. The van der Waals surface area contributed by atoms with Crippen molar-refractivity contribution in [1.29, 1.82) is 0 Å². The van der Waals surface area contributed by atoms with E-state index in [1.165, 1.54) is 32.4 Å². The van der Waals surface area contributed by atoms with Gasteiger partial charge in [0.25, 0.3) is 0 Å². The summed E-state index contributed by atoms with van der Waals surface area (Å²) in [6.45, 7) is 8.06. The number of esters is 1. The molecular formula is C18H26N2O2. The topological polar surface area (TPSA) is 54.1 Å². The van der Waals surface area contributed by atoms with Crippen molar-refractivity contribution in [1.82, 2.24) is 10.3 Å². The molecule has 1 aliphatic rings. The Bertz CT molecular complexity index is 562. The second kappa shape index (κ2) is 7.45. The summed E-state index contributed by atoms with van der Waals surface area (Å²) in [7, 11) is 0. The molecule has 0 amide bonds. The molecule has 120 valence electrons. The van der Waals surface area contributed by atoms with Crippen molar-refractivity contribution >= 4 is 16.9 Å². The van der Waals surface area contributed by atoms with E-state index in [-0.39, 0.29) is 5.97 Å². The highest BCUT2D eigenvalue weighted by molar-refractivity contribution is 5.94. The Balaban J connectivity index is 0.000000246. The SMILES string of the molecule is C1CCNCC1.CC(C)(C)OC(=O)c1cc2ccccc2[nH]1. The predicted molar refractivity (Wildman–Crippen MR) is 90.2 cm³/mol. The minimum atomic E-state index is -0.464. The van der Waals surface area contributed by atoms with Crippen molar-refractivity contribution in [2.45, 2.75) is 45.6 Å². The first-order valence-electron chi connectivity index (χ1n) is 7.97. The first kappa shape index (κ1) is 16.6. The predicted octanol–water partition coefficient (Wildman–Crippen LogP) is 3.88. The number of rotatable bonds is 1. The van der Waals surface area contributed by atoms with Crippen LogP contribution in [0.5, 0.6) is 0 Å². The van der Waals surface area contributed by atoms with Gasteiger partial charge in [-0.25, -0.2) is 4.79 Å². The van der Waals surface area contributed by atoms with Gasteiger partial charge in [-0.2, -0.15) is 0 Å². The highest BCUT2D eigenvalue weighted by Gasteiger charge is 2.19. The molecule has 3 rings (SSSR count). The van der Waals surface area contributed by atoms with Crippen LogP contribution in [0.1, 0.15) is 50.5 Å². The molecule has 22 heavy (non-hydrogen) atoms. The van der Waals surface area contributed by atoms with Gasteiger partial charge in [-0.3, -0.25) is 0 Å². The zero-order chi connectivity index (χ0) is 16.0. The highest BCUT2D eigenvalue weighted by Crippen LogP contribution is 2.17. The van der Waals surface area contributed by atoms with Gasteiger partial charge in [0.15, 0.2) is 0 Å². The van der Waals surface area contributed by atoms with Crippen molar-refractivity contribution in [3.05, 3.63) is 36.0 Å². The van der Waals surface area contributed by atoms with Gasteiger partial charge in [-0.05, 0) is 58.8 Å². The molecule has 1 aromatic heterocycles. The van der Waals surface area contributed by atoms with Gasteiger partial charge in [0.2, 0.25) is 0 Å². The average molecular weight is 302 g/mol. The van der Waals surface area contributed by atoms with Crippen molar-refractivity contribution in [3.8, 4) is 0 Å². The largest absolute Gasteiger partial charge is 0.455 e. The molecule has 2 N–H and O–H groups in total. The summed E-state index contributed by atoms with van der Waals surface area (Å²) < 4.78 is 5.28. The van der Waals surface area contributed by atoms with Crippen LogP contribution in [0.25, 0.3) is 10.9 Å². The van der Waals surface area contributed by atoms with Gasteiger partial charge in [-0.1, -0.05) is 24.6 Å². The molecule has 2 heterocycles. The van der Waals surface area contributed by atoms with E-state index in [4.69, 9.17) is 4.74 Å². The molecule has 0 aliphatic carbocycles.